The molecule has 23 heavy (non-hydrogen) atoms. The Morgan fingerprint density at radius 1 is 1.09 bits per heavy atom. The van der Waals surface area contributed by atoms with E-state index in [9.17, 15) is 9.59 Å². The van der Waals surface area contributed by atoms with Crippen molar-refractivity contribution < 1.29 is 19.4 Å². The molecule has 0 unspecified atom stereocenters. The topological polar surface area (TPSA) is 75.6 Å². The zero-order valence-corrected chi connectivity index (χ0v) is 12.9. The van der Waals surface area contributed by atoms with Crippen LogP contribution < -0.4 is 10.1 Å². The maximum absolute atomic E-state index is 12.0. The number of rotatable bonds is 7. The van der Waals surface area contributed by atoms with Crippen molar-refractivity contribution in [2.45, 2.75) is 19.4 Å². The molecule has 2 aromatic carbocycles. The Hall–Kier alpha value is -2.82. The molecule has 1 amide bonds. The van der Waals surface area contributed by atoms with Gasteiger partial charge in [-0.1, -0.05) is 30.3 Å². The summed E-state index contributed by atoms with van der Waals surface area (Å²) >= 11 is 0. The van der Waals surface area contributed by atoms with E-state index in [1.54, 1.807) is 24.3 Å². The third kappa shape index (κ3) is 5.14. The highest BCUT2D eigenvalue weighted by Crippen LogP contribution is 2.14. The van der Waals surface area contributed by atoms with Gasteiger partial charge in [0.05, 0.1) is 0 Å². The highest BCUT2D eigenvalue weighted by molar-refractivity contribution is 5.94. The smallest absolute Gasteiger partial charge is 0.344 e. The Kier molecular flexibility index (Phi) is 5.74. The van der Waals surface area contributed by atoms with E-state index in [0.29, 0.717) is 17.9 Å². The summed E-state index contributed by atoms with van der Waals surface area (Å²) in [5.74, 6) is -0.785. The van der Waals surface area contributed by atoms with Crippen LogP contribution in [0.1, 0.15) is 22.8 Å². The van der Waals surface area contributed by atoms with Gasteiger partial charge in [-0.3, -0.25) is 4.79 Å². The Morgan fingerprint density at radius 3 is 2.35 bits per heavy atom. The van der Waals surface area contributed by atoms with Crippen molar-refractivity contribution in [2.75, 3.05) is 6.54 Å². The molecule has 0 aromatic heterocycles. The van der Waals surface area contributed by atoms with Crippen LogP contribution in [0.15, 0.2) is 54.6 Å². The van der Waals surface area contributed by atoms with Crippen LogP contribution >= 0.6 is 0 Å². The molecule has 0 saturated heterocycles. The molecule has 0 aliphatic rings. The lowest BCUT2D eigenvalue weighted by atomic mass is 10.1. The van der Waals surface area contributed by atoms with Crippen LogP contribution in [0.4, 0.5) is 0 Å². The van der Waals surface area contributed by atoms with E-state index in [1.807, 2.05) is 30.3 Å². The first-order chi connectivity index (χ1) is 11.1. The minimum Gasteiger partial charge on any atom is -0.479 e. The van der Waals surface area contributed by atoms with E-state index < -0.39 is 12.1 Å². The zero-order valence-electron chi connectivity index (χ0n) is 12.9. The Labute approximate surface area is 134 Å². The molecule has 5 nitrogen and oxygen atoms in total. The van der Waals surface area contributed by atoms with Crippen LogP contribution in [-0.4, -0.2) is 29.6 Å². The summed E-state index contributed by atoms with van der Waals surface area (Å²) < 4.78 is 5.22. The van der Waals surface area contributed by atoms with Crippen LogP contribution in [0, 0.1) is 0 Å². The summed E-state index contributed by atoms with van der Waals surface area (Å²) in [7, 11) is 0. The van der Waals surface area contributed by atoms with Gasteiger partial charge < -0.3 is 15.2 Å². The molecule has 2 N–H and O–H groups in total. The van der Waals surface area contributed by atoms with Crippen molar-refractivity contribution >= 4 is 11.9 Å². The van der Waals surface area contributed by atoms with E-state index in [2.05, 4.69) is 5.32 Å². The Balaban J connectivity index is 1.84. The van der Waals surface area contributed by atoms with Crippen molar-refractivity contribution in [3.63, 3.8) is 0 Å². The van der Waals surface area contributed by atoms with Crippen molar-refractivity contribution in [1.29, 1.82) is 0 Å². The maximum atomic E-state index is 12.0. The SMILES string of the molecule is C[C@@H](Oc1ccc(C(=O)NCCc2ccccc2)cc1)C(=O)O. The van der Waals surface area contributed by atoms with E-state index in [0.717, 1.165) is 6.42 Å². The molecule has 2 rings (SSSR count). The minimum absolute atomic E-state index is 0.168. The van der Waals surface area contributed by atoms with E-state index >= 15 is 0 Å². The first-order valence-corrected chi connectivity index (χ1v) is 7.38. The zero-order chi connectivity index (χ0) is 16.7. The van der Waals surface area contributed by atoms with Gasteiger partial charge in [-0.15, -0.1) is 0 Å². The molecule has 1 atom stereocenters. The van der Waals surface area contributed by atoms with Gasteiger partial charge in [0.15, 0.2) is 6.10 Å². The first-order valence-electron chi connectivity index (χ1n) is 7.38. The predicted octanol–water partition coefficient (Wildman–Crippen LogP) is 2.51. The number of nitrogens with one attached hydrogen (secondary N) is 1. The summed E-state index contributed by atoms with van der Waals surface area (Å²) in [6.45, 7) is 2.00. The highest BCUT2D eigenvalue weighted by Gasteiger charge is 2.12. The average Bonchev–Trinajstić information content (AvgIpc) is 2.56. The molecule has 0 fully saturated rings. The van der Waals surface area contributed by atoms with Crippen LogP contribution in [0.25, 0.3) is 0 Å². The lowest BCUT2D eigenvalue weighted by molar-refractivity contribution is -0.144. The monoisotopic (exact) mass is 313 g/mol. The second-order valence-corrected chi connectivity index (χ2v) is 5.11. The fourth-order valence-corrected chi connectivity index (χ4v) is 2.01. The number of carboxylic acid groups (broad SMARTS) is 1. The predicted molar refractivity (Wildman–Crippen MR) is 86.6 cm³/mol. The summed E-state index contributed by atoms with van der Waals surface area (Å²) in [5, 5.41) is 11.6. The molecule has 5 heteroatoms. The fourth-order valence-electron chi connectivity index (χ4n) is 2.01. The van der Waals surface area contributed by atoms with Crippen LogP contribution in [0.2, 0.25) is 0 Å². The summed E-state index contributed by atoms with van der Waals surface area (Å²) in [4.78, 5) is 22.8. The summed E-state index contributed by atoms with van der Waals surface area (Å²) in [6.07, 6.45) is -0.162. The van der Waals surface area contributed by atoms with Gasteiger partial charge in [0.2, 0.25) is 0 Å². The van der Waals surface area contributed by atoms with Gasteiger partial charge in [0.25, 0.3) is 5.91 Å². The highest BCUT2D eigenvalue weighted by atomic mass is 16.5. The van der Waals surface area contributed by atoms with Gasteiger partial charge in [-0.05, 0) is 43.2 Å². The van der Waals surface area contributed by atoms with E-state index in [1.165, 1.54) is 12.5 Å². The minimum atomic E-state index is -1.03. The normalized spacial score (nSPS) is 11.5. The van der Waals surface area contributed by atoms with E-state index in [4.69, 9.17) is 9.84 Å². The number of aliphatic carboxylic acids is 1. The number of benzene rings is 2. The summed E-state index contributed by atoms with van der Waals surface area (Å²) in [5.41, 5.74) is 1.67. The molecule has 0 aliphatic heterocycles. The number of amides is 1. The summed E-state index contributed by atoms with van der Waals surface area (Å²) in [6, 6.07) is 16.3. The number of ether oxygens (including phenoxy) is 1. The van der Waals surface area contributed by atoms with Gasteiger partial charge >= 0.3 is 5.97 Å². The second-order valence-electron chi connectivity index (χ2n) is 5.11. The van der Waals surface area contributed by atoms with E-state index in [-0.39, 0.29) is 5.91 Å². The molecule has 0 heterocycles. The molecule has 0 aliphatic carbocycles. The number of carbonyl (C=O) groups is 2. The molecule has 0 radical (unpaired) electrons. The molecular weight excluding hydrogens is 294 g/mol. The molecular formula is C18H19NO4. The second kappa shape index (κ2) is 7.98. The van der Waals surface area contributed by atoms with Gasteiger partial charge in [-0.2, -0.15) is 0 Å². The van der Waals surface area contributed by atoms with Crippen molar-refractivity contribution in [3.05, 3.63) is 65.7 Å². The van der Waals surface area contributed by atoms with Crippen LogP contribution in [0.5, 0.6) is 5.75 Å². The molecule has 0 saturated carbocycles. The van der Waals surface area contributed by atoms with Crippen LogP contribution in [0.3, 0.4) is 0 Å². The average molecular weight is 313 g/mol. The fraction of sp³-hybridized carbons (Fsp3) is 0.222. The molecule has 2 aromatic rings. The third-order valence-corrected chi connectivity index (χ3v) is 3.32. The molecule has 120 valence electrons. The Bertz CT molecular complexity index is 652. The van der Waals surface area contributed by atoms with Crippen molar-refractivity contribution in [2.24, 2.45) is 0 Å². The number of hydrogen-bond donors (Lipinski definition) is 2. The van der Waals surface area contributed by atoms with Crippen molar-refractivity contribution in [1.82, 2.24) is 5.32 Å². The van der Waals surface area contributed by atoms with Gasteiger partial charge in [0, 0.05) is 12.1 Å². The maximum Gasteiger partial charge on any atom is 0.344 e. The lowest BCUT2D eigenvalue weighted by Crippen LogP contribution is -2.25. The van der Waals surface area contributed by atoms with Crippen LogP contribution in [-0.2, 0) is 11.2 Å². The van der Waals surface area contributed by atoms with Gasteiger partial charge in [0.1, 0.15) is 5.75 Å². The number of carbonyl (C=O) groups excluding carboxylic acids is 1. The third-order valence-electron chi connectivity index (χ3n) is 3.32. The van der Waals surface area contributed by atoms with Gasteiger partial charge in [-0.25, -0.2) is 4.79 Å². The first kappa shape index (κ1) is 16.5. The lowest BCUT2D eigenvalue weighted by Gasteiger charge is -2.11. The molecule has 0 bridgehead atoms. The molecule has 0 spiro atoms. The van der Waals surface area contributed by atoms with Crippen molar-refractivity contribution in [3.8, 4) is 5.75 Å². The number of carboxylic acids is 1. The largest absolute Gasteiger partial charge is 0.479 e. The standard InChI is InChI=1S/C18H19NO4/c1-13(18(21)22)23-16-9-7-15(8-10-16)17(20)19-12-11-14-5-3-2-4-6-14/h2-10,13H,11-12H2,1H3,(H,19,20)(H,21,22)/t13-/m1/s1. The quantitative estimate of drug-likeness (QED) is 0.823. The Morgan fingerprint density at radius 2 is 1.74 bits per heavy atom. The number of hydrogen-bond acceptors (Lipinski definition) is 3.